The summed E-state index contributed by atoms with van der Waals surface area (Å²) in [5.41, 5.74) is -1.36. The zero-order valence-corrected chi connectivity index (χ0v) is 19.6. The van der Waals surface area contributed by atoms with Gasteiger partial charge in [0, 0.05) is 23.2 Å². The second-order valence-electron chi connectivity index (χ2n) is 8.01. The molecule has 0 bridgehead atoms. The minimum atomic E-state index is -4.71. The number of ether oxygens (including phenoxy) is 1. The quantitative estimate of drug-likeness (QED) is 0.395. The van der Waals surface area contributed by atoms with E-state index in [0.29, 0.717) is 0 Å². The van der Waals surface area contributed by atoms with Crippen LogP contribution in [-0.2, 0) is 12.8 Å². The Bertz CT molecular complexity index is 1300. The van der Waals surface area contributed by atoms with Gasteiger partial charge in [-0.15, -0.1) is 0 Å². The number of pyridine rings is 1. The number of nitrogens with zero attached hydrogens (tertiary/aromatic N) is 2. The monoisotopic (exact) mass is 510 g/mol. The minimum absolute atomic E-state index is 0.0459. The van der Waals surface area contributed by atoms with Gasteiger partial charge >= 0.3 is 6.18 Å². The fourth-order valence-corrected chi connectivity index (χ4v) is 3.80. The van der Waals surface area contributed by atoms with Crippen LogP contribution in [0.4, 0.5) is 22.0 Å². The second kappa shape index (κ2) is 10.5. The Labute approximate surface area is 203 Å². The van der Waals surface area contributed by atoms with Crippen molar-refractivity contribution in [3.8, 4) is 11.8 Å². The van der Waals surface area contributed by atoms with Crippen molar-refractivity contribution < 1.29 is 35.9 Å². The molecule has 0 radical (unpaired) electrons. The molecule has 1 unspecified atom stereocenters. The number of amides is 1. The van der Waals surface area contributed by atoms with Crippen molar-refractivity contribution in [2.75, 3.05) is 13.6 Å². The first-order valence-corrected chi connectivity index (χ1v) is 10.9. The van der Waals surface area contributed by atoms with Gasteiger partial charge in [0.05, 0.1) is 23.7 Å². The van der Waals surface area contributed by atoms with E-state index in [-0.39, 0.29) is 45.6 Å². The number of aryl methyl sites for hydroxylation is 1. The molecule has 2 heterocycles. The summed E-state index contributed by atoms with van der Waals surface area (Å²) in [5, 5.41) is 14.4. The number of hydrogen-bond acceptors (Lipinski definition) is 6. The Balaban J connectivity index is 1.97. The Morgan fingerprint density at radius 1 is 1.28 bits per heavy atom. The first kappa shape index (κ1) is 26.9. The molecule has 0 spiro atoms. The molecular formula is C24H23F5N4O3. The van der Waals surface area contributed by atoms with Crippen LogP contribution >= 0.6 is 0 Å². The normalized spacial score (nSPS) is 12.9. The summed E-state index contributed by atoms with van der Waals surface area (Å²) in [6, 6.07) is 5.46. The van der Waals surface area contributed by atoms with E-state index in [1.165, 1.54) is 45.2 Å². The minimum Gasteiger partial charge on any atom is -0.487 e. The number of hydrogen-bond donors (Lipinski definition) is 2. The molecule has 0 saturated heterocycles. The summed E-state index contributed by atoms with van der Waals surface area (Å²) in [7, 11) is 1.37. The number of furan rings is 1. The number of nitrogens with one attached hydrogen (secondary N) is 2. The topological polar surface area (TPSA) is 100 Å². The average molecular weight is 510 g/mol. The van der Waals surface area contributed by atoms with E-state index in [4.69, 9.17) is 9.15 Å². The Morgan fingerprint density at radius 3 is 2.61 bits per heavy atom. The number of halogens is 5. The van der Waals surface area contributed by atoms with Crippen LogP contribution in [0.2, 0.25) is 0 Å². The van der Waals surface area contributed by atoms with Gasteiger partial charge in [-0.3, -0.25) is 9.78 Å². The molecule has 0 aliphatic heterocycles. The third kappa shape index (κ3) is 5.57. The maximum Gasteiger partial charge on any atom is 0.433 e. The van der Waals surface area contributed by atoms with Gasteiger partial charge in [-0.25, -0.2) is 8.78 Å². The lowest BCUT2D eigenvalue weighted by Gasteiger charge is -2.26. The van der Waals surface area contributed by atoms with E-state index >= 15 is 0 Å². The zero-order valence-electron chi connectivity index (χ0n) is 19.6. The second-order valence-corrected chi connectivity index (χ2v) is 8.01. The van der Waals surface area contributed by atoms with Crippen LogP contribution < -0.4 is 15.4 Å². The van der Waals surface area contributed by atoms with E-state index in [0.717, 1.165) is 6.20 Å². The van der Waals surface area contributed by atoms with Gasteiger partial charge in [-0.2, -0.15) is 18.4 Å². The van der Waals surface area contributed by atoms with Crippen LogP contribution in [0.5, 0.6) is 5.75 Å². The molecule has 1 aromatic carbocycles. The summed E-state index contributed by atoms with van der Waals surface area (Å²) in [6.07, 6.45) is -3.75. The number of fused-ring (bicyclic) bond motifs is 1. The molecule has 0 aliphatic rings. The number of carbonyl (C=O) groups excluding carboxylic acids is 1. The molecule has 1 atom stereocenters. The van der Waals surface area contributed by atoms with Gasteiger partial charge in [-0.1, -0.05) is 13.0 Å². The number of nitriles is 1. The molecule has 0 aliphatic carbocycles. The third-order valence-corrected chi connectivity index (χ3v) is 5.49. The maximum atomic E-state index is 14.4. The number of carbonyl (C=O) groups is 1. The molecule has 12 heteroatoms. The molecule has 36 heavy (non-hydrogen) atoms. The van der Waals surface area contributed by atoms with Crippen molar-refractivity contribution in [3.63, 3.8) is 0 Å². The van der Waals surface area contributed by atoms with E-state index in [1.807, 2.05) is 6.07 Å². The van der Waals surface area contributed by atoms with Crippen LogP contribution in [0.15, 0.2) is 34.9 Å². The van der Waals surface area contributed by atoms with Gasteiger partial charge in [-0.05, 0) is 32.5 Å². The Morgan fingerprint density at radius 2 is 2.00 bits per heavy atom. The fraction of sp³-hybridized carbons (Fsp3) is 0.375. The largest absolute Gasteiger partial charge is 0.487 e. The van der Waals surface area contributed by atoms with Crippen molar-refractivity contribution >= 4 is 16.9 Å². The molecule has 0 fully saturated rings. The lowest BCUT2D eigenvalue weighted by Crippen LogP contribution is -2.51. The average Bonchev–Trinajstić information content (AvgIpc) is 3.14. The summed E-state index contributed by atoms with van der Waals surface area (Å²) in [6.45, 7) is 1.76. The number of benzene rings is 1. The molecule has 0 saturated carbocycles. The van der Waals surface area contributed by atoms with Crippen LogP contribution in [0.1, 0.15) is 46.3 Å². The number of alkyl halides is 5. The van der Waals surface area contributed by atoms with Crippen molar-refractivity contribution in [2.45, 2.75) is 45.0 Å². The lowest BCUT2D eigenvalue weighted by atomic mass is 10.0. The van der Waals surface area contributed by atoms with Crippen LogP contribution in [0.3, 0.4) is 0 Å². The molecule has 2 aromatic heterocycles. The Kier molecular flexibility index (Phi) is 7.83. The van der Waals surface area contributed by atoms with Crippen LogP contribution in [0, 0.1) is 18.3 Å². The van der Waals surface area contributed by atoms with Gasteiger partial charge in [0.2, 0.25) is 0 Å². The van der Waals surface area contributed by atoms with Gasteiger partial charge in [0.1, 0.15) is 29.8 Å². The highest BCUT2D eigenvalue weighted by Crippen LogP contribution is 2.34. The molecule has 3 rings (SSSR count). The van der Waals surface area contributed by atoms with Crippen molar-refractivity contribution in [3.05, 3.63) is 58.6 Å². The Hall–Kier alpha value is -3.72. The van der Waals surface area contributed by atoms with Crippen molar-refractivity contribution in [2.24, 2.45) is 0 Å². The predicted octanol–water partition coefficient (Wildman–Crippen LogP) is 4.97. The maximum absolute atomic E-state index is 14.4. The van der Waals surface area contributed by atoms with E-state index in [1.54, 1.807) is 0 Å². The van der Waals surface area contributed by atoms with Crippen molar-refractivity contribution in [1.29, 1.82) is 5.26 Å². The molecule has 1 amide bonds. The van der Waals surface area contributed by atoms with E-state index < -0.39 is 42.9 Å². The predicted molar refractivity (Wildman–Crippen MR) is 120 cm³/mol. The highest BCUT2D eigenvalue weighted by molar-refractivity contribution is 6.08. The van der Waals surface area contributed by atoms with Crippen LogP contribution in [0.25, 0.3) is 11.0 Å². The van der Waals surface area contributed by atoms with Gasteiger partial charge in [0.25, 0.3) is 11.8 Å². The molecule has 192 valence electrons. The van der Waals surface area contributed by atoms with E-state index in [9.17, 15) is 32.0 Å². The number of rotatable bonds is 9. The smallest absolute Gasteiger partial charge is 0.433 e. The number of aromatic nitrogens is 1. The van der Waals surface area contributed by atoms with Gasteiger partial charge in [0.15, 0.2) is 5.69 Å². The molecular weight excluding hydrogens is 487 g/mol. The van der Waals surface area contributed by atoms with E-state index in [2.05, 4.69) is 15.6 Å². The van der Waals surface area contributed by atoms with Crippen LogP contribution in [-0.4, -0.2) is 36.4 Å². The third-order valence-electron chi connectivity index (χ3n) is 5.49. The standard InChI is InChI=1S/C24H23F5N4O3/c1-4-19(23(25,26)12-31-3)33-22(34)20-13(2)36-18-8-15(10-30)17(9-16(18)20)35-11-14-6-5-7-32-21(14)24(27,28)29/h5-9,19,31H,4,11-12H2,1-3H3,(H,33,34). The molecule has 7 nitrogen and oxygen atoms in total. The van der Waals surface area contributed by atoms with Crippen molar-refractivity contribution in [1.82, 2.24) is 15.6 Å². The summed E-state index contributed by atoms with van der Waals surface area (Å²) >= 11 is 0. The highest BCUT2D eigenvalue weighted by Gasteiger charge is 2.39. The summed E-state index contributed by atoms with van der Waals surface area (Å²) in [4.78, 5) is 16.4. The highest BCUT2D eigenvalue weighted by atomic mass is 19.4. The summed E-state index contributed by atoms with van der Waals surface area (Å²) in [5.74, 6) is -4.04. The fourth-order valence-electron chi connectivity index (χ4n) is 3.80. The van der Waals surface area contributed by atoms with Gasteiger partial charge < -0.3 is 19.8 Å². The first-order chi connectivity index (χ1) is 16.9. The molecule has 2 N–H and O–H groups in total. The summed E-state index contributed by atoms with van der Waals surface area (Å²) < 4.78 is 79.7. The SMILES string of the molecule is CCC(NC(=O)c1c(C)oc2cc(C#N)c(OCc3cccnc3C(F)(F)F)cc12)C(F)(F)CNC. The zero-order chi connectivity index (χ0) is 26.7. The first-order valence-electron chi connectivity index (χ1n) is 10.9. The molecule has 3 aromatic rings. The lowest BCUT2D eigenvalue weighted by molar-refractivity contribution is -0.142.